The fourth-order valence-electron chi connectivity index (χ4n) is 2.95. The molecule has 0 fully saturated rings. The van der Waals surface area contributed by atoms with Gasteiger partial charge in [-0.1, -0.05) is 31.5 Å². The van der Waals surface area contributed by atoms with Crippen molar-refractivity contribution in [2.75, 3.05) is 18.9 Å². The summed E-state index contributed by atoms with van der Waals surface area (Å²) in [6, 6.07) is 8.64. The minimum absolute atomic E-state index is 0.0859. The highest BCUT2D eigenvalue weighted by atomic mass is 32.2. The Labute approximate surface area is 114 Å². The molecule has 1 heterocycles. The molecule has 0 saturated heterocycles. The summed E-state index contributed by atoms with van der Waals surface area (Å²) in [5, 5.41) is 9.73. The molecule has 2 rings (SSSR count). The van der Waals surface area contributed by atoms with Crippen LogP contribution in [0, 0.1) is 5.41 Å². The number of aliphatic hydroxyl groups excluding tert-OH is 1. The van der Waals surface area contributed by atoms with E-state index >= 15 is 0 Å². The molecular formula is C15H23NOS. The fourth-order valence-corrected chi connectivity index (χ4v) is 4.20. The van der Waals surface area contributed by atoms with Gasteiger partial charge in [0.25, 0.3) is 0 Å². The molecule has 0 spiro atoms. The monoisotopic (exact) mass is 265 g/mol. The Kier molecular flexibility index (Phi) is 4.71. The number of fused-ring (bicyclic) bond motifs is 1. The molecule has 1 aliphatic heterocycles. The predicted molar refractivity (Wildman–Crippen MR) is 78.0 cm³/mol. The number of benzene rings is 1. The second-order valence-electron chi connectivity index (χ2n) is 5.36. The van der Waals surface area contributed by atoms with Gasteiger partial charge in [0.1, 0.15) is 0 Å². The third-order valence-electron chi connectivity index (χ3n) is 4.03. The fraction of sp³-hybridized carbons (Fsp3) is 0.600. The van der Waals surface area contributed by atoms with Gasteiger partial charge in [0.2, 0.25) is 0 Å². The van der Waals surface area contributed by atoms with Gasteiger partial charge < -0.3 is 10.8 Å². The summed E-state index contributed by atoms with van der Waals surface area (Å²) < 4.78 is 0. The minimum atomic E-state index is -0.0859. The van der Waals surface area contributed by atoms with Crippen molar-refractivity contribution >= 4 is 11.8 Å². The summed E-state index contributed by atoms with van der Waals surface area (Å²) in [6.07, 6.45) is 3.11. The van der Waals surface area contributed by atoms with E-state index in [2.05, 4.69) is 31.2 Å². The maximum atomic E-state index is 9.73. The van der Waals surface area contributed by atoms with Gasteiger partial charge in [-0.2, -0.15) is 0 Å². The van der Waals surface area contributed by atoms with Gasteiger partial charge in [0.05, 0.1) is 0 Å². The van der Waals surface area contributed by atoms with Gasteiger partial charge in [0.15, 0.2) is 0 Å². The van der Waals surface area contributed by atoms with E-state index in [-0.39, 0.29) is 12.0 Å². The first-order valence-corrected chi connectivity index (χ1v) is 7.76. The number of hydrogen-bond acceptors (Lipinski definition) is 3. The average Bonchev–Trinajstić information content (AvgIpc) is 2.81. The molecule has 0 bridgehead atoms. The molecule has 2 unspecified atom stereocenters. The maximum Gasteiger partial charge on any atom is 0.0499 e. The van der Waals surface area contributed by atoms with Gasteiger partial charge in [-0.25, -0.2) is 0 Å². The molecule has 2 nitrogen and oxygen atoms in total. The first-order chi connectivity index (χ1) is 8.74. The van der Waals surface area contributed by atoms with Crippen LogP contribution in [0.5, 0.6) is 0 Å². The Balaban J connectivity index is 2.14. The third kappa shape index (κ3) is 2.73. The molecule has 2 atom stereocenters. The van der Waals surface area contributed by atoms with Crippen LogP contribution in [0.3, 0.4) is 0 Å². The van der Waals surface area contributed by atoms with E-state index in [1.165, 1.54) is 10.5 Å². The predicted octanol–water partition coefficient (Wildman–Crippen LogP) is 3.00. The zero-order valence-corrected chi connectivity index (χ0v) is 11.9. The highest BCUT2D eigenvalue weighted by molar-refractivity contribution is 7.99. The second-order valence-corrected chi connectivity index (χ2v) is 6.42. The van der Waals surface area contributed by atoms with Gasteiger partial charge >= 0.3 is 0 Å². The lowest BCUT2D eigenvalue weighted by molar-refractivity contribution is 0.105. The summed E-state index contributed by atoms with van der Waals surface area (Å²) in [5.74, 6) is 1.68. The van der Waals surface area contributed by atoms with E-state index in [1.807, 2.05) is 11.8 Å². The third-order valence-corrected chi connectivity index (χ3v) is 5.28. The largest absolute Gasteiger partial charge is 0.396 e. The lowest BCUT2D eigenvalue weighted by Gasteiger charge is -2.33. The van der Waals surface area contributed by atoms with E-state index in [0.717, 1.165) is 25.0 Å². The van der Waals surface area contributed by atoms with E-state index in [9.17, 15) is 5.11 Å². The number of nitrogens with two attached hydrogens (primary N) is 1. The minimum Gasteiger partial charge on any atom is -0.396 e. The summed E-state index contributed by atoms with van der Waals surface area (Å²) in [7, 11) is 0. The Morgan fingerprint density at radius 2 is 2.22 bits per heavy atom. The molecule has 0 radical (unpaired) electrons. The summed E-state index contributed by atoms with van der Waals surface area (Å²) in [4.78, 5) is 1.41. The van der Waals surface area contributed by atoms with Crippen molar-refractivity contribution in [3.8, 4) is 0 Å². The molecule has 0 amide bonds. The molecule has 18 heavy (non-hydrogen) atoms. The van der Waals surface area contributed by atoms with Crippen LogP contribution < -0.4 is 5.73 Å². The molecule has 1 aliphatic rings. The molecule has 3 heteroatoms. The van der Waals surface area contributed by atoms with E-state index < -0.39 is 0 Å². The summed E-state index contributed by atoms with van der Waals surface area (Å²) in [6.45, 7) is 2.96. The Morgan fingerprint density at radius 3 is 2.89 bits per heavy atom. The molecular weight excluding hydrogens is 242 g/mol. The number of thioether (sulfide) groups is 1. The lowest BCUT2D eigenvalue weighted by atomic mass is 9.75. The van der Waals surface area contributed by atoms with E-state index in [1.54, 1.807) is 0 Å². The zero-order valence-electron chi connectivity index (χ0n) is 11.1. The molecule has 3 N–H and O–H groups in total. The topological polar surface area (TPSA) is 46.2 Å². The first-order valence-electron chi connectivity index (χ1n) is 6.77. The smallest absolute Gasteiger partial charge is 0.0499 e. The van der Waals surface area contributed by atoms with Crippen molar-refractivity contribution in [2.24, 2.45) is 11.1 Å². The Bertz CT molecular complexity index is 390. The number of hydrogen-bond donors (Lipinski definition) is 2. The van der Waals surface area contributed by atoms with Gasteiger partial charge in [0, 0.05) is 29.2 Å². The zero-order chi connectivity index (χ0) is 13.0. The molecule has 1 aromatic rings. The van der Waals surface area contributed by atoms with E-state index in [4.69, 9.17) is 5.73 Å². The molecule has 0 aromatic heterocycles. The molecule has 1 aromatic carbocycles. The quantitative estimate of drug-likeness (QED) is 0.831. The highest BCUT2D eigenvalue weighted by Gasteiger charge is 2.34. The van der Waals surface area contributed by atoms with Crippen LogP contribution in [0.25, 0.3) is 0 Å². The Morgan fingerprint density at radius 1 is 1.44 bits per heavy atom. The van der Waals surface area contributed by atoms with Crippen molar-refractivity contribution in [1.82, 2.24) is 0 Å². The number of aliphatic hydroxyl groups is 1. The van der Waals surface area contributed by atoms with E-state index in [0.29, 0.717) is 12.5 Å². The lowest BCUT2D eigenvalue weighted by Crippen LogP contribution is -2.36. The van der Waals surface area contributed by atoms with Crippen molar-refractivity contribution in [3.63, 3.8) is 0 Å². The van der Waals surface area contributed by atoms with Crippen molar-refractivity contribution in [2.45, 2.75) is 37.0 Å². The van der Waals surface area contributed by atoms with Crippen LogP contribution >= 0.6 is 11.8 Å². The van der Waals surface area contributed by atoms with Gasteiger partial charge in [-0.05, 0) is 30.4 Å². The maximum absolute atomic E-state index is 9.73. The van der Waals surface area contributed by atoms with Crippen molar-refractivity contribution in [1.29, 1.82) is 0 Å². The van der Waals surface area contributed by atoms with Crippen LogP contribution in [0.15, 0.2) is 29.2 Å². The molecule has 0 saturated carbocycles. The second kappa shape index (κ2) is 6.09. The summed E-state index contributed by atoms with van der Waals surface area (Å²) >= 11 is 1.93. The SMILES string of the molecule is CCCC(CN)(CO)CC1CSc2ccccc21. The van der Waals surface area contributed by atoms with Crippen molar-refractivity contribution in [3.05, 3.63) is 29.8 Å². The standard InChI is InChI=1S/C15H23NOS/c1-2-7-15(10-16,11-17)8-12-9-18-14-6-4-3-5-13(12)14/h3-6,12,17H,2,7-11,16H2,1H3. The van der Waals surface area contributed by atoms with Gasteiger partial charge in [-0.3, -0.25) is 0 Å². The Hall–Kier alpha value is -0.510. The average molecular weight is 265 g/mol. The van der Waals surface area contributed by atoms with Gasteiger partial charge in [-0.15, -0.1) is 11.8 Å². The van der Waals surface area contributed by atoms with Crippen LogP contribution in [-0.4, -0.2) is 24.0 Å². The first kappa shape index (κ1) is 13.9. The van der Waals surface area contributed by atoms with Crippen LogP contribution in [0.4, 0.5) is 0 Å². The molecule has 0 aliphatic carbocycles. The number of rotatable bonds is 6. The van der Waals surface area contributed by atoms with Crippen LogP contribution in [-0.2, 0) is 0 Å². The van der Waals surface area contributed by atoms with Crippen molar-refractivity contribution < 1.29 is 5.11 Å². The highest BCUT2D eigenvalue weighted by Crippen LogP contribution is 2.45. The van der Waals surface area contributed by atoms with Crippen LogP contribution in [0.2, 0.25) is 0 Å². The molecule has 100 valence electrons. The summed E-state index contributed by atoms with van der Waals surface area (Å²) in [5.41, 5.74) is 7.30. The van der Waals surface area contributed by atoms with Crippen LogP contribution in [0.1, 0.15) is 37.7 Å². The normalized spacial score (nSPS) is 21.6.